The lowest BCUT2D eigenvalue weighted by Crippen LogP contribution is -2.37. The lowest BCUT2D eigenvalue weighted by Gasteiger charge is -2.12. The summed E-state index contributed by atoms with van der Waals surface area (Å²) in [4.78, 5) is 35.6. The third-order valence-electron chi connectivity index (χ3n) is 3.00. The summed E-state index contributed by atoms with van der Waals surface area (Å²) < 4.78 is 9.95. The molecule has 7 heteroatoms. The van der Waals surface area contributed by atoms with E-state index in [4.69, 9.17) is 9.47 Å². The average molecular weight is 292 g/mol. The Balaban J connectivity index is 1.81. The minimum Gasteiger partial charge on any atom is -0.497 e. The molecule has 1 aromatic carbocycles. The van der Waals surface area contributed by atoms with Gasteiger partial charge in [0.2, 0.25) is 0 Å². The van der Waals surface area contributed by atoms with Crippen LogP contribution in [-0.2, 0) is 20.7 Å². The van der Waals surface area contributed by atoms with Crippen LogP contribution in [0.2, 0.25) is 0 Å². The van der Waals surface area contributed by atoms with E-state index in [1.54, 1.807) is 24.3 Å². The van der Waals surface area contributed by atoms with E-state index in [0.29, 0.717) is 18.8 Å². The lowest BCUT2D eigenvalue weighted by molar-refractivity contribution is -0.150. The molecule has 112 valence electrons. The van der Waals surface area contributed by atoms with Gasteiger partial charge in [0.05, 0.1) is 13.5 Å². The van der Waals surface area contributed by atoms with Gasteiger partial charge in [0.25, 0.3) is 5.91 Å². The largest absolute Gasteiger partial charge is 0.497 e. The first-order valence-electron chi connectivity index (χ1n) is 6.47. The van der Waals surface area contributed by atoms with Gasteiger partial charge in [-0.2, -0.15) is 0 Å². The number of rotatable bonds is 5. The SMILES string of the molecule is COc1cccc(CC(=O)OCC(=O)N2CCNC2=O)c1. The number of benzene rings is 1. The number of carbonyl (C=O) groups is 3. The van der Waals surface area contributed by atoms with Crippen LogP contribution in [0, 0.1) is 0 Å². The Morgan fingerprint density at radius 1 is 1.38 bits per heavy atom. The molecule has 2 rings (SSSR count). The standard InChI is InChI=1S/C14H16N2O5/c1-20-11-4-2-3-10(7-11)8-13(18)21-9-12(17)16-6-5-15-14(16)19/h2-4,7H,5-6,8-9H2,1H3,(H,15,19). The van der Waals surface area contributed by atoms with Crippen molar-refractivity contribution in [3.63, 3.8) is 0 Å². The molecule has 0 spiro atoms. The second-order valence-electron chi connectivity index (χ2n) is 4.47. The third-order valence-corrected chi connectivity index (χ3v) is 3.00. The number of carbonyl (C=O) groups excluding carboxylic acids is 3. The second-order valence-corrected chi connectivity index (χ2v) is 4.47. The Morgan fingerprint density at radius 2 is 2.19 bits per heavy atom. The molecule has 0 atom stereocenters. The van der Waals surface area contributed by atoms with Crippen LogP contribution in [0.3, 0.4) is 0 Å². The van der Waals surface area contributed by atoms with Crippen LogP contribution in [0.5, 0.6) is 5.75 Å². The lowest BCUT2D eigenvalue weighted by atomic mass is 10.1. The maximum atomic E-state index is 11.7. The molecule has 0 unspecified atom stereocenters. The molecule has 1 heterocycles. The van der Waals surface area contributed by atoms with Crippen LogP contribution < -0.4 is 10.1 Å². The first kappa shape index (κ1) is 14.8. The number of amides is 3. The number of nitrogens with zero attached hydrogens (tertiary/aromatic N) is 1. The molecule has 1 fully saturated rings. The van der Waals surface area contributed by atoms with Gasteiger partial charge in [0, 0.05) is 13.1 Å². The maximum absolute atomic E-state index is 11.7. The third kappa shape index (κ3) is 3.95. The zero-order chi connectivity index (χ0) is 15.2. The van der Waals surface area contributed by atoms with Gasteiger partial charge in [-0.05, 0) is 17.7 Å². The summed E-state index contributed by atoms with van der Waals surface area (Å²) in [6.07, 6.45) is 0.0384. The fourth-order valence-electron chi connectivity index (χ4n) is 1.93. The minimum absolute atomic E-state index is 0.0384. The van der Waals surface area contributed by atoms with Gasteiger partial charge in [-0.3, -0.25) is 14.5 Å². The summed E-state index contributed by atoms with van der Waals surface area (Å²) in [5.41, 5.74) is 0.728. The summed E-state index contributed by atoms with van der Waals surface area (Å²) in [5.74, 6) is -0.412. The van der Waals surface area contributed by atoms with Crippen LogP contribution in [0.4, 0.5) is 4.79 Å². The molecule has 1 saturated heterocycles. The smallest absolute Gasteiger partial charge is 0.324 e. The van der Waals surface area contributed by atoms with E-state index < -0.39 is 24.5 Å². The number of imide groups is 1. The molecule has 0 aliphatic carbocycles. The number of ether oxygens (including phenoxy) is 2. The van der Waals surface area contributed by atoms with Crippen LogP contribution in [0.15, 0.2) is 24.3 Å². The average Bonchev–Trinajstić information content (AvgIpc) is 2.91. The van der Waals surface area contributed by atoms with Crippen LogP contribution in [0.1, 0.15) is 5.56 Å². The fourth-order valence-corrected chi connectivity index (χ4v) is 1.93. The van der Waals surface area contributed by atoms with Crippen molar-refractivity contribution in [3.8, 4) is 5.75 Å². The van der Waals surface area contributed by atoms with Crippen LogP contribution >= 0.6 is 0 Å². The number of urea groups is 1. The van der Waals surface area contributed by atoms with Gasteiger partial charge in [0.1, 0.15) is 5.75 Å². The maximum Gasteiger partial charge on any atom is 0.324 e. The van der Waals surface area contributed by atoms with E-state index in [1.807, 2.05) is 0 Å². The highest BCUT2D eigenvalue weighted by Crippen LogP contribution is 2.13. The van der Waals surface area contributed by atoms with Gasteiger partial charge in [-0.25, -0.2) is 4.79 Å². The van der Waals surface area contributed by atoms with E-state index >= 15 is 0 Å². The Kier molecular flexibility index (Phi) is 4.76. The Hall–Kier alpha value is -2.57. The number of methoxy groups -OCH3 is 1. The Morgan fingerprint density at radius 3 is 2.86 bits per heavy atom. The molecule has 1 aromatic rings. The molecule has 1 N–H and O–H groups in total. The minimum atomic E-state index is -0.531. The molecule has 7 nitrogen and oxygen atoms in total. The van der Waals surface area contributed by atoms with Gasteiger partial charge in [-0.1, -0.05) is 12.1 Å². The Labute approximate surface area is 121 Å². The number of nitrogens with one attached hydrogen (secondary N) is 1. The van der Waals surface area contributed by atoms with Gasteiger partial charge in [-0.15, -0.1) is 0 Å². The number of hydrogen-bond acceptors (Lipinski definition) is 5. The van der Waals surface area contributed by atoms with E-state index in [-0.39, 0.29) is 6.42 Å². The molecular formula is C14H16N2O5. The normalized spacial score (nSPS) is 13.8. The monoisotopic (exact) mass is 292 g/mol. The highest BCUT2D eigenvalue weighted by molar-refractivity contribution is 5.97. The summed E-state index contributed by atoms with van der Waals surface area (Å²) in [7, 11) is 1.54. The molecule has 3 amide bonds. The fraction of sp³-hybridized carbons (Fsp3) is 0.357. The van der Waals surface area contributed by atoms with Crippen molar-refractivity contribution < 1.29 is 23.9 Å². The molecule has 0 radical (unpaired) electrons. The quantitative estimate of drug-likeness (QED) is 0.791. The molecule has 21 heavy (non-hydrogen) atoms. The van der Waals surface area contributed by atoms with E-state index in [1.165, 1.54) is 7.11 Å². The summed E-state index contributed by atoms with van der Waals surface area (Å²) >= 11 is 0. The topological polar surface area (TPSA) is 84.9 Å². The Bertz CT molecular complexity index is 558. The van der Waals surface area contributed by atoms with Crippen molar-refractivity contribution in [1.29, 1.82) is 0 Å². The summed E-state index contributed by atoms with van der Waals surface area (Å²) in [6.45, 7) is 0.281. The number of hydrogen-bond donors (Lipinski definition) is 1. The van der Waals surface area contributed by atoms with Crippen molar-refractivity contribution in [3.05, 3.63) is 29.8 Å². The van der Waals surface area contributed by atoms with Gasteiger partial charge >= 0.3 is 12.0 Å². The van der Waals surface area contributed by atoms with Gasteiger partial charge < -0.3 is 14.8 Å². The first-order valence-corrected chi connectivity index (χ1v) is 6.47. The van der Waals surface area contributed by atoms with E-state index in [2.05, 4.69) is 5.32 Å². The first-order chi connectivity index (χ1) is 10.1. The van der Waals surface area contributed by atoms with Crippen molar-refractivity contribution in [2.45, 2.75) is 6.42 Å². The molecule has 0 saturated carbocycles. The predicted molar refractivity (Wildman–Crippen MR) is 72.8 cm³/mol. The van der Waals surface area contributed by atoms with Gasteiger partial charge in [0.15, 0.2) is 6.61 Å². The molecule has 0 bridgehead atoms. The predicted octanol–water partition coefficient (Wildman–Crippen LogP) is 0.333. The van der Waals surface area contributed by atoms with Crippen molar-refractivity contribution in [2.75, 3.05) is 26.8 Å². The zero-order valence-corrected chi connectivity index (χ0v) is 11.6. The van der Waals surface area contributed by atoms with E-state index in [0.717, 1.165) is 10.5 Å². The van der Waals surface area contributed by atoms with E-state index in [9.17, 15) is 14.4 Å². The molecule has 0 aromatic heterocycles. The zero-order valence-electron chi connectivity index (χ0n) is 11.6. The van der Waals surface area contributed by atoms with Crippen LogP contribution in [0.25, 0.3) is 0 Å². The highest BCUT2D eigenvalue weighted by atomic mass is 16.5. The van der Waals surface area contributed by atoms with Crippen molar-refractivity contribution in [1.82, 2.24) is 10.2 Å². The summed E-state index contributed by atoms with van der Waals surface area (Å²) in [6, 6.07) is 6.56. The highest BCUT2D eigenvalue weighted by Gasteiger charge is 2.26. The number of esters is 1. The second kappa shape index (κ2) is 6.74. The molecular weight excluding hydrogens is 276 g/mol. The van der Waals surface area contributed by atoms with Crippen molar-refractivity contribution in [2.24, 2.45) is 0 Å². The molecule has 1 aliphatic rings. The molecule has 1 aliphatic heterocycles. The van der Waals surface area contributed by atoms with Crippen molar-refractivity contribution >= 4 is 17.9 Å². The van der Waals surface area contributed by atoms with Crippen LogP contribution in [-0.4, -0.2) is 49.6 Å². The summed E-state index contributed by atoms with van der Waals surface area (Å²) in [5, 5.41) is 2.50.